The molecule has 5 heteroatoms. The molecule has 0 radical (unpaired) electrons. The van der Waals surface area contributed by atoms with E-state index >= 15 is 0 Å². The van der Waals surface area contributed by atoms with E-state index in [1.807, 2.05) is 34.1 Å². The number of carbonyl (C=O) groups is 2. The van der Waals surface area contributed by atoms with E-state index in [0.717, 1.165) is 56.6 Å². The summed E-state index contributed by atoms with van der Waals surface area (Å²) in [4.78, 5) is 27.7. The number of anilines is 1. The lowest BCUT2D eigenvalue weighted by atomic mass is 10.1. The smallest absolute Gasteiger partial charge is 0.317 e. The van der Waals surface area contributed by atoms with Crippen LogP contribution in [0.15, 0.2) is 24.3 Å². The highest BCUT2D eigenvalue weighted by Gasteiger charge is 2.20. The van der Waals surface area contributed by atoms with Crippen molar-refractivity contribution in [3.8, 4) is 0 Å². The Morgan fingerprint density at radius 1 is 1.09 bits per heavy atom. The fraction of sp³-hybridized carbons (Fsp3) is 0.529. The molecule has 0 spiro atoms. The van der Waals surface area contributed by atoms with Crippen molar-refractivity contribution >= 4 is 17.6 Å². The number of nitrogens with zero attached hydrogens (tertiary/aromatic N) is 2. The van der Waals surface area contributed by atoms with Crippen molar-refractivity contribution in [2.75, 3.05) is 24.5 Å². The summed E-state index contributed by atoms with van der Waals surface area (Å²) in [5.74, 6) is 0.199. The summed E-state index contributed by atoms with van der Waals surface area (Å²) in [7, 11) is 0. The van der Waals surface area contributed by atoms with Gasteiger partial charge in [-0.15, -0.1) is 0 Å². The van der Waals surface area contributed by atoms with Gasteiger partial charge < -0.3 is 15.1 Å². The lowest BCUT2D eigenvalue weighted by Gasteiger charge is -2.27. The zero-order valence-corrected chi connectivity index (χ0v) is 12.9. The number of likely N-dealkylation sites (tertiary alicyclic amines) is 1. The molecule has 22 heavy (non-hydrogen) atoms. The molecule has 3 amide bonds. The SMILES string of the molecule is O=C(NCc1cccc(N2CCCCC2=O)c1)N1CCCC1. The van der Waals surface area contributed by atoms with Crippen LogP contribution >= 0.6 is 0 Å². The summed E-state index contributed by atoms with van der Waals surface area (Å²) in [6, 6.07) is 7.93. The number of amides is 3. The molecule has 118 valence electrons. The van der Waals surface area contributed by atoms with Crippen LogP contribution in [0.5, 0.6) is 0 Å². The van der Waals surface area contributed by atoms with E-state index in [-0.39, 0.29) is 11.9 Å². The molecule has 2 aliphatic rings. The van der Waals surface area contributed by atoms with Gasteiger partial charge in [-0.25, -0.2) is 4.79 Å². The maximum absolute atomic E-state index is 12.0. The number of hydrogen-bond acceptors (Lipinski definition) is 2. The van der Waals surface area contributed by atoms with Crippen molar-refractivity contribution in [2.45, 2.75) is 38.6 Å². The van der Waals surface area contributed by atoms with E-state index in [1.54, 1.807) is 0 Å². The second-order valence-corrected chi connectivity index (χ2v) is 6.03. The van der Waals surface area contributed by atoms with Gasteiger partial charge in [-0.05, 0) is 43.4 Å². The topological polar surface area (TPSA) is 52.7 Å². The molecule has 0 unspecified atom stereocenters. The van der Waals surface area contributed by atoms with Crippen LogP contribution in [-0.4, -0.2) is 36.5 Å². The summed E-state index contributed by atoms with van der Waals surface area (Å²) in [6.07, 6.45) is 4.87. The molecule has 2 saturated heterocycles. The summed E-state index contributed by atoms with van der Waals surface area (Å²) >= 11 is 0. The van der Waals surface area contributed by atoms with Crippen LogP contribution in [0.4, 0.5) is 10.5 Å². The Morgan fingerprint density at radius 2 is 1.86 bits per heavy atom. The fourth-order valence-corrected chi connectivity index (χ4v) is 3.12. The molecule has 1 aromatic carbocycles. The molecule has 0 atom stereocenters. The third-order valence-electron chi connectivity index (χ3n) is 4.38. The van der Waals surface area contributed by atoms with Gasteiger partial charge in [0.15, 0.2) is 0 Å². The molecule has 0 bridgehead atoms. The molecule has 2 heterocycles. The standard InChI is InChI=1S/C17H23N3O2/c21-16-8-1-2-11-20(16)15-7-5-6-14(12-15)13-18-17(22)19-9-3-4-10-19/h5-7,12H,1-4,8-11,13H2,(H,18,22). The van der Waals surface area contributed by atoms with Gasteiger partial charge in [-0.1, -0.05) is 12.1 Å². The van der Waals surface area contributed by atoms with Crippen LogP contribution in [0.1, 0.15) is 37.7 Å². The minimum atomic E-state index is 0.0111. The molecule has 2 aliphatic heterocycles. The predicted octanol–water partition coefficient (Wildman–Crippen LogP) is 2.51. The molecule has 0 saturated carbocycles. The first-order chi connectivity index (χ1) is 10.7. The average Bonchev–Trinajstić information content (AvgIpc) is 3.08. The van der Waals surface area contributed by atoms with Gasteiger partial charge >= 0.3 is 6.03 Å². The molecule has 2 fully saturated rings. The highest BCUT2D eigenvalue weighted by Crippen LogP contribution is 2.22. The number of benzene rings is 1. The summed E-state index contributed by atoms with van der Waals surface area (Å²) in [6.45, 7) is 3.01. The molecule has 1 aromatic rings. The second-order valence-electron chi connectivity index (χ2n) is 6.03. The van der Waals surface area contributed by atoms with Crippen molar-refractivity contribution in [3.63, 3.8) is 0 Å². The van der Waals surface area contributed by atoms with Crippen LogP contribution < -0.4 is 10.2 Å². The van der Waals surface area contributed by atoms with Gasteiger partial charge in [0.2, 0.25) is 5.91 Å². The van der Waals surface area contributed by atoms with Crippen LogP contribution in [0, 0.1) is 0 Å². The first kappa shape index (κ1) is 14.9. The number of piperidine rings is 1. The number of hydrogen-bond donors (Lipinski definition) is 1. The normalized spacial score (nSPS) is 18.6. The quantitative estimate of drug-likeness (QED) is 0.932. The van der Waals surface area contributed by atoms with Gasteiger partial charge in [0.05, 0.1) is 0 Å². The maximum Gasteiger partial charge on any atom is 0.317 e. The largest absolute Gasteiger partial charge is 0.334 e. The number of urea groups is 1. The molecule has 0 aliphatic carbocycles. The number of carbonyl (C=O) groups excluding carboxylic acids is 2. The van der Waals surface area contributed by atoms with E-state index in [0.29, 0.717) is 13.0 Å². The Bertz CT molecular complexity index is 553. The first-order valence-corrected chi connectivity index (χ1v) is 8.16. The van der Waals surface area contributed by atoms with Crippen molar-refractivity contribution < 1.29 is 9.59 Å². The van der Waals surface area contributed by atoms with Gasteiger partial charge in [-0.3, -0.25) is 4.79 Å². The molecule has 5 nitrogen and oxygen atoms in total. The Labute approximate surface area is 131 Å². The average molecular weight is 301 g/mol. The molecular formula is C17H23N3O2. The van der Waals surface area contributed by atoms with Crippen LogP contribution in [-0.2, 0) is 11.3 Å². The second kappa shape index (κ2) is 6.81. The maximum atomic E-state index is 12.0. The van der Waals surface area contributed by atoms with Gasteiger partial charge in [0.1, 0.15) is 0 Å². The summed E-state index contributed by atoms with van der Waals surface area (Å²) in [5.41, 5.74) is 1.97. The first-order valence-electron chi connectivity index (χ1n) is 8.16. The number of nitrogens with one attached hydrogen (secondary N) is 1. The Morgan fingerprint density at radius 3 is 2.64 bits per heavy atom. The molecule has 3 rings (SSSR count). The monoisotopic (exact) mass is 301 g/mol. The Hall–Kier alpha value is -2.04. The van der Waals surface area contributed by atoms with Gasteiger partial charge in [0.25, 0.3) is 0 Å². The predicted molar refractivity (Wildman–Crippen MR) is 85.7 cm³/mol. The van der Waals surface area contributed by atoms with Crippen molar-refractivity contribution in [1.29, 1.82) is 0 Å². The van der Waals surface area contributed by atoms with Crippen LogP contribution in [0.25, 0.3) is 0 Å². The Balaban J connectivity index is 1.61. The zero-order valence-electron chi connectivity index (χ0n) is 12.9. The lowest BCUT2D eigenvalue weighted by Crippen LogP contribution is -2.37. The van der Waals surface area contributed by atoms with Crippen molar-refractivity contribution in [1.82, 2.24) is 10.2 Å². The van der Waals surface area contributed by atoms with Gasteiger partial charge in [-0.2, -0.15) is 0 Å². The molecular weight excluding hydrogens is 278 g/mol. The summed E-state index contributed by atoms with van der Waals surface area (Å²) in [5, 5.41) is 2.97. The third-order valence-corrected chi connectivity index (χ3v) is 4.38. The van der Waals surface area contributed by atoms with Crippen LogP contribution in [0.2, 0.25) is 0 Å². The van der Waals surface area contributed by atoms with E-state index in [1.165, 1.54) is 0 Å². The van der Waals surface area contributed by atoms with Crippen LogP contribution in [0.3, 0.4) is 0 Å². The minimum Gasteiger partial charge on any atom is -0.334 e. The van der Waals surface area contributed by atoms with E-state index in [9.17, 15) is 9.59 Å². The van der Waals surface area contributed by atoms with E-state index in [4.69, 9.17) is 0 Å². The lowest BCUT2D eigenvalue weighted by molar-refractivity contribution is -0.119. The van der Waals surface area contributed by atoms with Crippen molar-refractivity contribution in [3.05, 3.63) is 29.8 Å². The van der Waals surface area contributed by atoms with E-state index < -0.39 is 0 Å². The molecule has 0 aromatic heterocycles. The fourth-order valence-electron chi connectivity index (χ4n) is 3.12. The summed E-state index contributed by atoms with van der Waals surface area (Å²) < 4.78 is 0. The third kappa shape index (κ3) is 3.40. The zero-order chi connectivity index (χ0) is 15.4. The highest BCUT2D eigenvalue weighted by atomic mass is 16.2. The Kier molecular flexibility index (Phi) is 4.61. The minimum absolute atomic E-state index is 0.0111. The van der Waals surface area contributed by atoms with E-state index in [2.05, 4.69) is 5.32 Å². The van der Waals surface area contributed by atoms with Crippen molar-refractivity contribution in [2.24, 2.45) is 0 Å². The highest BCUT2D eigenvalue weighted by molar-refractivity contribution is 5.94. The molecule has 1 N–H and O–H groups in total. The van der Waals surface area contributed by atoms with Gasteiger partial charge in [0, 0.05) is 38.3 Å². The number of rotatable bonds is 3.